The van der Waals surface area contributed by atoms with Gasteiger partial charge in [0.2, 0.25) is 5.91 Å². The summed E-state index contributed by atoms with van der Waals surface area (Å²) in [6.07, 6.45) is 0.306. The van der Waals surface area contributed by atoms with E-state index in [4.69, 9.17) is 15.6 Å². The zero-order chi connectivity index (χ0) is 12.3. The van der Waals surface area contributed by atoms with Gasteiger partial charge in [-0.3, -0.25) is 4.79 Å². The smallest absolute Gasteiger partial charge is 0.332 e. The summed E-state index contributed by atoms with van der Waals surface area (Å²) in [5.74, 6) is -1.38. The van der Waals surface area contributed by atoms with E-state index in [1.807, 2.05) is 0 Å². The second-order valence-corrected chi connectivity index (χ2v) is 4.53. The van der Waals surface area contributed by atoms with Crippen LogP contribution in [-0.2, 0) is 14.3 Å². The number of carbonyl (C=O) groups excluding carboxylic acids is 1. The summed E-state index contributed by atoms with van der Waals surface area (Å²) in [4.78, 5) is 21.7. The number of hydrogen-bond donors (Lipinski definition) is 3. The maximum atomic E-state index is 11.0. The highest BCUT2D eigenvalue weighted by Gasteiger charge is 2.32. The summed E-state index contributed by atoms with van der Waals surface area (Å²) >= 11 is 0. The third kappa shape index (κ3) is 3.18. The molecule has 0 aliphatic carbocycles. The number of nitrogens with two attached hydrogens (primary N) is 1. The van der Waals surface area contributed by atoms with Crippen molar-refractivity contribution in [3.05, 3.63) is 0 Å². The summed E-state index contributed by atoms with van der Waals surface area (Å²) in [5, 5.41) is 11.7. The third-order valence-corrected chi connectivity index (χ3v) is 2.77. The Bertz CT molecular complexity index is 291. The number of aliphatic carboxylic acids is 1. The fourth-order valence-corrected chi connectivity index (χ4v) is 1.49. The molecule has 1 aliphatic rings. The van der Waals surface area contributed by atoms with Crippen LogP contribution >= 0.6 is 0 Å². The topological polar surface area (TPSA) is 102 Å². The van der Waals surface area contributed by atoms with Crippen molar-refractivity contribution in [1.29, 1.82) is 0 Å². The van der Waals surface area contributed by atoms with E-state index >= 15 is 0 Å². The average Bonchev–Trinajstić information content (AvgIpc) is 2.63. The molecule has 2 atom stereocenters. The third-order valence-electron chi connectivity index (χ3n) is 2.77. The molecule has 16 heavy (non-hydrogen) atoms. The number of hydrogen-bond acceptors (Lipinski definition) is 4. The molecule has 4 N–H and O–H groups in total. The normalized spacial score (nSPS) is 25.6. The highest BCUT2D eigenvalue weighted by atomic mass is 16.5. The predicted octanol–water partition coefficient (Wildman–Crippen LogP) is -0.528. The number of ether oxygens (including phenoxy) is 1. The summed E-state index contributed by atoms with van der Waals surface area (Å²) < 4.78 is 5.28. The lowest BCUT2D eigenvalue weighted by molar-refractivity contribution is -0.149. The van der Waals surface area contributed by atoms with Crippen molar-refractivity contribution in [1.82, 2.24) is 5.32 Å². The highest BCUT2D eigenvalue weighted by Crippen LogP contribution is 2.19. The molecule has 1 heterocycles. The standard InChI is InChI=1S/C10H18N2O4/c1-10(2,9(11)15)12-5-6-3-4-7(16-6)8(13)14/h6-7,12H,3-5H2,1-2H3,(H2,11,15)(H,13,14). The first-order chi connectivity index (χ1) is 7.33. The van der Waals surface area contributed by atoms with Crippen LogP contribution in [0.2, 0.25) is 0 Å². The van der Waals surface area contributed by atoms with Crippen molar-refractivity contribution in [2.24, 2.45) is 5.73 Å². The number of amides is 1. The summed E-state index contributed by atoms with van der Waals surface area (Å²) in [5.41, 5.74) is 4.39. The minimum Gasteiger partial charge on any atom is -0.479 e. The Hall–Kier alpha value is -1.14. The van der Waals surface area contributed by atoms with Gasteiger partial charge in [0.1, 0.15) is 0 Å². The molecule has 92 valence electrons. The largest absolute Gasteiger partial charge is 0.479 e. The van der Waals surface area contributed by atoms with Gasteiger partial charge in [-0.05, 0) is 26.7 Å². The first-order valence-electron chi connectivity index (χ1n) is 5.26. The molecule has 0 spiro atoms. The van der Waals surface area contributed by atoms with Crippen LogP contribution in [0.4, 0.5) is 0 Å². The Kier molecular flexibility index (Phi) is 3.88. The molecule has 1 saturated heterocycles. The Morgan fingerprint density at radius 3 is 2.56 bits per heavy atom. The Morgan fingerprint density at radius 1 is 1.50 bits per heavy atom. The quantitative estimate of drug-likeness (QED) is 0.589. The molecule has 0 radical (unpaired) electrons. The van der Waals surface area contributed by atoms with Crippen molar-refractivity contribution in [2.45, 2.75) is 44.4 Å². The van der Waals surface area contributed by atoms with Gasteiger partial charge >= 0.3 is 5.97 Å². The molecule has 6 nitrogen and oxygen atoms in total. The van der Waals surface area contributed by atoms with Crippen molar-refractivity contribution < 1.29 is 19.4 Å². The lowest BCUT2D eigenvalue weighted by Gasteiger charge is -2.24. The van der Waals surface area contributed by atoms with Crippen LogP contribution in [0.5, 0.6) is 0 Å². The van der Waals surface area contributed by atoms with E-state index in [0.717, 1.165) is 0 Å². The lowest BCUT2D eigenvalue weighted by atomic mass is 10.0. The van der Waals surface area contributed by atoms with Crippen LogP contribution in [0.25, 0.3) is 0 Å². The van der Waals surface area contributed by atoms with Crippen LogP contribution in [0.15, 0.2) is 0 Å². The van der Waals surface area contributed by atoms with Gasteiger partial charge in [0.05, 0.1) is 11.6 Å². The average molecular weight is 230 g/mol. The second-order valence-electron chi connectivity index (χ2n) is 4.53. The summed E-state index contributed by atoms with van der Waals surface area (Å²) in [7, 11) is 0. The van der Waals surface area contributed by atoms with Crippen LogP contribution in [0.3, 0.4) is 0 Å². The first-order valence-corrected chi connectivity index (χ1v) is 5.26. The molecule has 0 aromatic carbocycles. The van der Waals surface area contributed by atoms with E-state index in [9.17, 15) is 9.59 Å². The number of nitrogens with one attached hydrogen (secondary N) is 1. The van der Waals surface area contributed by atoms with Crippen molar-refractivity contribution >= 4 is 11.9 Å². The number of rotatable bonds is 5. The molecule has 2 unspecified atom stereocenters. The lowest BCUT2D eigenvalue weighted by Crippen LogP contribution is -2.52. The van der Waals surface area contributed by atoms with E-state index in [1.54, 1.807) is 13.8 Å². The zero-order valence-electron chi connectivity index (χ0n) is 9.53. The van der Waals surface area contributed by atoms with Gasteiger partial charge in [-0.15, -0.1) is 0 Å². The molecule has 1 aliphatic heterocycles. The van der Waals surface area contributed by atoms with Crippen LogP contribution in [-0.4, -0.2) is 41.3 Å². The maximum absolute atomic E-state index is 11.0. The van der Waals surface area contributed by atoms with E-state index in [1.165, 1.54) is 0 Å². The Balaban J connectivity index is 2.36. The molecule has 1 rings (SSSR count). The number of carboxylic acid groups (broad SMARTS) is 1. The van der Waals surface area contributed by atoms with E-state index in [2.05, 4.69) is 5.32 Å². The summed E-state index contributed by atoms with van der Waals surface area (Å²) in [6, 6.07) is 0. The zero-order valence-corrected chi connectivity index (χ0v) is 9.53. The van der Waals surface area contributed by atoms with Crippen LogP contribution < -0.4 is 11.1 Å². The maximum Gasteiger partial charge on any atom is 0.332 e. The molecular formula is C10H18N2O4. The van der Waals surface area contributed by atoms with Gasteiger partial charge in [-0.25, -0.2) is 4.79 Å². The molecule has 1 fully saturated rings. The van der Waals surface area contributed by atoms with Crippen molar-refractivity contribution in [3.8, 4) is 0 Å². The molecule has 0 aromatic rings. The Morgan fingerprint density at radius 2 is 2.12 bits per heavy atom. The summed E-state index contributed by atoms with van der Waals surface area (Å²) in [6.45, 7) is 3.79. The SMILES string of the molecule is CC(C)(NCC1CCC(C(=O)O)O1)C(N)=O. The molecule has 6 heteroatoms. The minimum atomic E-state index is -0.934. The molecule has 1 amide bonds. The van der Waals surface area contributed by atoms with E-state index in [0.29, 0.717) is 19.4 Å². The van der Waals surface area contributed by atoms with E-state index < -0.39 is 23.5 Å². The first kappa shape index (κ1) is 12.9. The second kappa shape index (κ2) is 4.80. The van der Waals surface area contributed by atoms with Crippen LogP contribution in [0.1, 0.15) is 26.7 Å². The molecule has 0 bridgehead atoms. The predicted molar refractivity (Wildman–Crippen MR) is 56.8 cm³/mol. The highest BCUT2D eigenvalue weighted by molar-refractivity contribution is 5.83. The van der Waals surface area contributed by atoms with Crippen molar-refractivity contribution in [3.63, 3.8) is 0 Å². The number of carboxylic acids is 1. The minimum absolute atomic E-state index is 0.167. The van der Waals surface area contributed by atoms with Gasteiger partial charge in [-0.2, -0.15) is 0 Å². The van der Waals surface area contributed by atoms with Gasteiger partial charge in [0.25, 0.3) is 0 Å². The Labute approximate surface area is 94.1 Å². The molecular weight excluding hydrogens is 212 g/mol. The fraction of sp³-hybridized carbons (Fsp3) is 0.800. The van der Waals surface area contributed by atoms with Gasteiger partial charge in [0, 0.05) is 6.54 Å². The molecule has 0 aromatic heterocycles. The van der Waals surface area contributed by atoms with Gasteiger partial charge in [-0.1, -0.05) is 0 Å². The number of primary amides is 1. The molecule has 0 saturated carbocycles. The van der Waals surface area contributed by atoms with E-state index in [-0.39, 0.29) is 6.10 Å². The fourth-order valence-electron chi connectivity index (χ4n) is 1.49. The monoisotopic (exact) mass is 230 g/mol. The van der Waals surface area contributed by atoms with Gasteiger partial charge < -0.3 is 20.9 Å². The van der Waals surface area contributed by atoms with Crippen molar-refractivity contribution in [2.75, 3.05) is 6.54 Å². The number of carbonyl (C=O) groups is 2. The van der Waals surface area contributed by atoms with Gasteiger partial charge in [0.15, 0.2) is 6.10 Å². The van der Waals surface area contributed by atoms with Crippen LogP contribution in [0, 0.1) is 0 Å².